The Morgan fingerprint density at radius 1 is 1.25 bits per heavy atom. The van der Waals surface area contributed by atoms with Crippen LogP contribution in [0.15, 0.2) is 22.7 Å². The van der Waals surface area contributed by atoms with E-state index < -0.39 is 10.0 Å². The second-order valence-corrected chi connectivity index (χ2v) is 7.67. The summed E-state index contributed by atoms with van der Waals surface area (Å²) in [5, 5.41) is 3.63. The summed E-state index contributed by atoms with van der Waals surface area (Å²) in [5.41, 5.74) is 0.416. The number of rotatable bonds is 9. The molecule has 0 aliphatic carbocycles. The van der Waals surface area contributed by atoms with Crippen molar-refractivity contribution in [1.29, 1.82) is 0 Å². The summed E-state index contributed by atoms with van der Waals surface area (Å²) in [7, 11) is -3.34. The molecular formula is C13H20BrClN2O2S. The summed E-state index contributed by atoms with van der Waals surface area (Å²) in [6.07, 6.45) is 2.55. The van der Waals surface area contributed by atoms with Crippen LogP contribution in [0.1, 0.15) is 26.2 Å². The highest BCUT2D eigenvalue weighted by molar-refractivity contribution is 9.10. The molecule has 0 bridgehead atoms. The first-order valence-corrected chi connectivity index (χ1v) is 9.43. The van der Waals surface area contributed by atoms with E-state index >= 15 is 0 Å². The van der Waals surface area contributed by atoms with Gasteiger partial charge in [-0.2, -0.15) is 0 Å². The van der Waals surface area contributed by atoms with Gasteiger partial charge in [0.15, 0.2) is 0 Å². The molecule has 0 unspecified atom stereocenters. The van der Waals surface area contributed by atoms with Crippen LogP contribution in [0.5, 0.6) is 0 Å². The first-order valence-electron chi connectivity index (χ1n) is 6.61. The maximum Gasteiger partial charge on any atom is 0.232 e. The van der Waals surface area contributed by atoms with Crippen LogP contribution in [0, 0.1) is 0 Å². The average Bonchev–Trinajstić information content (AvgIpc) is 2.37. The summed E-state index contributed by atoms with van der Waals surface area (Å²) in [5.74, 6) is 0.104. The quantitative estimate of drug-likeness (QED) is 0.640. The van der Waals surface area contributed by atoms with Crippen molar-refractivity contribution in [3.8, 4) is 0 Å². The lowest BCUT2D eigenvalue weighted by molar-refractivity contribution is 0.590. The third-order valence-electron chi connectivity index (χ3n) is 2.64. The molecule has 4 nitrogen and oxygen atoms in total. The molecule has 0 saturated heterocycles. The van der Waals surface area contributed by atoms with E-state index in [2.05, 4.69) is 32.9 Å². The van der Waals surface area contributed by atoms with E-state index in [0.29, 0.717) is 17.1 Å². The summed E-state index contributed by atoms with van der Waals surface area (Å²) in [4.78, 5) is 0. The van der Waals surface area contributed by atoms with E-state index in [9.17, 15) is 8.42 Å². The van der Waals surface area contributed by atoms with Gasteiger partial charge in [0.25, 0.3) is 0 Å². The number of benzene rings is 1. The molecule has 0 aliphatic heterocycles. The average molecular weight is 384 g/mol. The number of unbranched alkanes of at least 4 members (excludes halogenated alkanes) is 1. The van der Waals surface area contributed by atoms with Gasteiger partial charge in [-0.05, 0) is 50.6 Å². The van der Waals surface area contributed by atoms with Crippen molar-refractivity contribution < 1.29 is 8.42 Å². The SMILES string of the molecule is CCCNCCCCS(=O)(=O)Nc1ccc(Br)cc1Cl. The number of anilines is 1. The van der Waals surface area contributed by atoms with Crippen LogP contribution in [0.2, 0.25) is 5.02 Å². The van der Waals surface area contributed by atoms with Crippen molar-refractivity contribution in [3.05, 3.63) is 27.7 Å². The van der Waals surface area contributed by atoms with E-state index in [-0.39, 0.29) is 5.75 Å². The molecule has 1 aromatic rings. The minimum absolute atomic E-state index is 0.104. The van der Waals surface area contributed by atoms with E-state index in [1.807, 2.05) is 0 Å². The third kappa shape index (κ3) is 6.92. The number of hydrogen-bond acceptors (Lipinski definition) is 3. The maximum atomic E-state index is 11.9. The van der Waals surface area contributed by atoms with Crippen molar-refractivity contribution in [2.75, 3.05) is 23.6 Å². The minimum Gasteiger partial charge on any atom is -0.317 e. The van der Waals surface area contributed by atoms with E-state index in [1.54, 1.807) is 18.2 Å². The van der Waals surface area contributed by atoms with Crippen molar-refractivity contribution in [2.24, 2.45) is 0 Å². The monoisotopic (exact) mass is 382 g/mol. The zero-order valence-electron chi connectivity index (χ0n) is 11.5. The fourth-order valence-electron chi connectivity index (χ4n) is 1.63. The molecule has 0 atom stereocenters. The van der Waals surface area contributed by atoms with E-state index in [4.69, 9.17) is 11.6 Å². The van der Waals surface area contributed by atoms with Crippen LogP contribution in [0.4, 0.5) is 5.69 Å². The van der Waals surface area contributed by atoms with Crippen molar-refractivity contribution in [2.45, 2.75) is 26.2 Å². The summed E-state index contributed by atoms with van der Waals surface area (Å²) in [6, 6.07) is 5.05. The van der Waals surface area contributed by atoms with Gasteiger partial charge in [-0.1, -0.05) is 34.5 Å². The number of halogens is 2. The van der Waals surface area contributed by atoms with Crippen molar-refractivity contribution >= 4 is 43.2 Å². The van der Waals surface area contributed by atoms with Crippen LogP contribution in [0.3, 0.4) is 0 Å². The van der Waals surface area contributed by atoms with Gasteiger partial charge in [0.05, 0.1) is 16.5 Å². The normalized spacial score (nSPS) is 11.6. The highest BCUT2D eigenvalue weighted by Crippen LogP contribution is 2.26. The predicted molar refractivity (Wildman–Crippen MR) is 89.0 cm³/mol. The summed E-state index contributed by atoms with van der Waals surface area (Å²) in [6.45, 7) is 3.92. The van der Waals surface area contributed by atoms with Crippen molar-refractivity contribution in [1.82, 2.24) is 5.32 Å². The van der Waals surface area contributed by atoms with E-state index in [0.717, 1.165) is 30.4 Å². The third-order valence-corrected chi connectivity index (χ3v) is 4.80. The van der Waals surface area contributed by atoms with E-state index in [1.165, 1.54) is 0 Å². The topological polar surface area (TPSA) is 58.2 Å². The van der Waals surface area contributed by atoms with Crippen LogP contribution >= 0.6 is 27.5 Å². The molecule has 20 heavy (non-hydrogen) atoms. The summed E-state index contributed by atoms with van der Waals surface area (Å²) < 4.78 is 27.2. The molecule has 7 heteroatoms. The largest absolute Gasteiger partial charge is 0.317 e. The van der Waals surface area contributed by atoms with Gasteiger partial charge in [-0.25, -0.2) is 8.42 Å². The molecule has 0 heterocycles. The van der Waals surface area contributed by atoms with Gasteiger partial charge in [-0.3, -0.25) is 4.72 Å². The molecule has 2 N–H and O–H groups in total. The highest BCUT2D eigenvalue weighted by atomic mass is 79.9. The Morgan fingerprint density at radius 3 is 2.65 bits per heavy atom. The molecule has 0 aliphatic rings. The number of nitrogens with one attached hydrogen (secondary N) is 2. The maximum absolute atomic E-state index is 11.9. The second kappa shape index (κ2) is 8.87. The molecule has 0 aromatic heterocycles. The Hall–Kier alpha value is -0.300. The number of sulfonamides is 1. The summed E-state index contributed by atoms with van der Waals surface area (Å²) >= 11 is 9.27. The minimum atomic E-state index is -3.34. The second-order valence-electron chi connectivity index (χ2n) is 4.50. The van der Waals surface area contributed by atoms with Gasteiger partial charge >= 0.3 is 0 Å². The van der Waals surface area contributed by atoms with Gasteiger partial charge in [0.1, 0.15) is 0 Å². The lowest BCUT2D eigenvalue weighted by Crippen LogP contribution is -2.20. The molecule has 1 rings (SSSR count). The fraction of sp³-hybridized carbons (Fsp3) is 0.538. The standard InChI is InChI=1S/C13H20BrClN2O2S/c1-2-7-16-8-3-4-9-20(18,19)17-13-6-5-11(14)10-12(13)15/h5-6,10,16-17H,2-4,7-9H2,1H3. The molecule has 0 amide bonds. The predicted octanol–water partition coefficient (Wildman–Crippen LogP) is 3.62. The van der Waals surface area contributed by atoms with Crippen LogP contribution in [-0.2, 0) is 10.0 Å². The van der Waals surface area contributed by atoms with Gasteiger partial charge in [0, 0.05) is 4.47 Å². The first kappa shape index (κ1) is 17.8. The molecule has 1 aromatic carbocycles. The first-order chi connectivity index (χ1) is 9.44. The highest BCUT2D eigenvalue weighted by Gasteiger charge is 2.12. The van der Waals surface area contributed by atoms with Crippen molar-refractivity contribution in [3.63, 3.8) is 0 Å². The Morgan fingerprint density at radius 2 is 2.00 bits per heavy atom. The Bertz CT molecular complexity index is 523. The lowest BCUT2D eigenvalue weighted by Gasteiger charge is -2.10. The zero-order chi connectivity index (χ0) is 15.0. The molecule has 0 spiro atoms. The van der Waals surface area contributed by atoms with Crippen LogP contribution in [-0.4, -0.2) is 27.3 Å². The lowest BCUT2D eigenvalue weighted by atomic mass is 10.3. The smallest absolute Gasteiger partial charge is 0.232 e. The Labute approximate surface area is 134 Å². The molecule has 0 radical (unpaired) electrons. The number of hydrogen-bond donors (Lipinski definition) is 2. The van der Waals surface area contributed by atoms with Crippen LogP contribution < -0.4 is 10.0 Å². The molecule has 0 fully saturated rings. The van der Waals surface area contributed by atoms with Gasteiger partial charge in [-0.15, -0.1) is 0 Å². The Balaban J connectivity index is 2.41. The zero-order valence-corrected chi connectivity index (χ0v) is 14.6. The molecule has 0 saturated carbocycles. The van der Waals surface area contributed by atoms with Gasteiger partial charge in [0.2, 0.25) is 10.0 Å². The fourth-order valence-corrected chi connectivity index (χ4v) is 3.61. The van der Waals surface area contributed by atoms with Gasteiger partial charge < -0.3 is 5.32 Å². The molecular weight excluding hydrogens is 364 g/mol. The van der Waals surface area contributed by atoms with Crippen LogP contribution in [0.25, 0.3) is 0 Å². The molecule has 114 valence electrons. The Kier molecular flexibility index (Phi) is 7.87.